The van der Waals surface area contributed by atoms with Crippen LogP contribution >= 0.6 is 12.4 Å². The van der Waals surface area contributed by atoms with Gasteiger partial charge in [-0.1, -0.05) is 19.4 Å². The van der Waals surface area contributed by atoms with E-state index in [1.54, 1.807) is 37.3 Å². The van der Waals surface area contributed by atoms with Crippen molar-refractivity contribution in [3.8, 4) is 0 Å². The molecule has 1 unspecified atom stereocenters. The average molecular weight is 326 g/mol. The Bertz CT molecular complexity index is 513. The second-order valence-corrected chi connectivity index (χ2v) is 5.20. The average Bonchev–Trinajstić information content (AvgIpc) is 2.45. The Morgan fingerprint density at radius 3 is 2.41 bits per heavy atom. The van der Waals surface area contributed by atoms with Gasteiger partial charge in [0.05, 0.1) is 5.54 Å². The second-order valence-electron chi connectivity index (χ2n) is 5.20. The molecule has 1 atom stereocenters. The summed E-state index contributed by atoms with van der Waals surface area (Å²) in [7, 11) is 0. The van der Waals surface area contributed by atoms with E-state index in [4.69, 9.17) is 5.73 Å². The molecule has 0 aromatic heterocycles. The van der Waals surface area contributed by atoms with Crippen molar-refractivity contribution in [2.45, 2.75) is 32.2 Å². The molecule has 0 fully saturated rings. The van der Waals surface area contributed by atoms with E-state index in [2.05, 4.69) is 17.2 Å². The van der Waals surface area contributed by atoms with Crippen LogP contribution in [0.4, 0.5) is 5.69 Å². The number of benzene rings is 1. The minimum Gasteiger partial charge on any atom is -0.349 e. The van der Waals surface area contributed by atoms with E-state index >= 15 is 0 Å². The fourth-order valence-corrected chi connectivity index (χ4v) is 1.88. The van der Waals surface area contributed by atoms with E-state index in [0.29, 0.717) is 24.2 Å². The molecule has 0 aliphatic carbocycles. The predicted octanol–water partition coefficient (Wildman–Crippen LogP) is 2.48. The zero-order chi connectivity index (χ0) is 15.9. The fourth-order valence-electron chi connectivity index (χ4n) is 1.88. The van der Waals surface area contributed by atoms with Crippen LogP contribution in [0.2, 0.25) is 0 Å². The number of carbonyl (C=O) groups is 2. The molecule has 5 nitrogen and oxygen atoms in total. The van der Waals surface area contributed by atoms with Gasteiger partial charge in [-0.25, -0.2) is 0 Å². The van der Waals surface area contributed by atoms with Crippen molar-refractivity contribution in [1.29, 1.82) is 0 Å². The highest BCUT2D eigenvalue weighted by Crippen LogP contribution is 2.14. The number of nitrogens with two attached hydrogens (primary N) is 1. The van der Waals surface area contributed by atoms with Gasteiger partial charge in [-0.15, -0.1) is 19.0 Å². The number of hydrogen-bond acceptors (Lipinski definition) is 3. The third-order valence-corrected chi connectivity index (χ3v) is 3.10. The summed E-state index contributed by atoms with van der Waals surface area (Å²) in [5.41, 5.74) is 6.22. The van der Waals surface area contributed by atoms with Crippen molar-refractivity contribution in [3.05, 3.63) is 42.5 Å². The van der Waals surface area contributed by atoms with Gasteiger partial charge in [-0.2, -0.15) is 0 Å². The lowest BCUT2D eigenvalue weighted by atomic mass is 9.96. The summed E-state index contributed by atoms with van der Waals surface area (Å²) in [6.07, 6.45) is 3.06. The smallest absolute Gasteiger partial charge is 0.251 e. The summed E-state index contributed by atoms with van der Waals surface area (Å²) in [4.78, 5) is 23.8. The Morgan fingerprint density at radius 1 is 1.32 bits per heavy atom. The van der Waals surface area contributed by atoms with E-state index in [1.165, 1.54) is 0 Å². The quantitative estimate of drug-likeness (QED) is 0.673. The Labute approximate surface area is 137 Å². The first-order valence-corrected chi connectivity index (χ1v) is 7.00. The van der Waals surface area contributed by atoms with Gasteiger partial charge in [0.2, 0.25) is 5.91 Å². The van der Waals surface area contributed by atoms with Gasteiger partial charge >= 0.3 is 0 Å². The molecular formula is C16H24ClN3O2. The third kappa shape index (κ3) is 5.87. The van der Waals surface area contributed by atoms with Gasteiger partial charge in [-0.05, 0) is 37.6 Å². The first-order chi connectivity index (χ1) is 9.90. The number of halogens is 1. The lowest BCUT2D eigenvalue weighted by Crippen LogP contribution is -2.48. The van der Waals surface area contributed by atoms with E-state index in [9.17, 15) is 9.59 Å². The van der Waals surface area contributed by atoms with Crippen molar-refractivity contribution >= 4 is 29.9 Å². The van der Waals surface area contributed by atoms with Gasteiger partial charge in [0.1, 0.15) is 0 Å². The highest BCUT2D eigenvalue weighted by atomic mass is 35.5. The van der Waals surface area contributed by atoms with Crippen LogP contribution < -0.4 is 16.4 Å². The second kappa shape index (κ2) is 9.23. The summed E-state index contributed by atoms with van der Waals surface area (Å²) in [6.45, 7) is 7.65. The maximum atomic E-state index is 12.1. The summed E-state index contributed by atoms with van der Waals surface area (Å²) in [5, 5.41) is 5.45. The third-order valence-electron chi connectivity index (χ3n) is 3.10. The molecule has 122 valence electrons. The zero-order valence-electron chi connectivity index (χ0n) is 13.0. The maximum absolute atomic E-state index is 12.1. The zero-order valence-corrected chi connectivity index (χ0v) is 13.8. The van der Waals surface area contributed by atoms with Gasteiger partial charge in [0, 0.05) is 17.8 Å². The van der Waals surface area contributed by atoms with Crippen LogP contribution in [-0.2, 0) is 4.79 Å². The standard InChI is InChI=1S/C16H23N3O2.ClH/c1-4-10-16(3,17)15(21)19-13-8-6-12(7-9-13)14(20)18-11-5-2;/h5-9H,2,4,10-11,17H2,1,3H3,(H,18,20)(H,19,21);1H. The number of nitrogens with one attached hydrogen (secondary N) is 2. The molecule has 4 N–H and O–H groups in total. The molecule has 2 amide bonds. The summed E-state index contributed by atoms with van der Waals surface area (Å²) in [6, 6.07) is 6.68. The van der Waals surface area contributed by atoms with E-state index in [0.717, 1.165) is 6.42 Å². The molecule has 0 bridgehead atoms. The predicted molar refractivity (Wildman–Crippen MR) is 92.4 cm³/mol. The van der Waals surface area contributed by atoms with Crippen LogP contribution in [0.3, 0.4) is 0 Å². The highest BCUT2D eigenvalue weighted by molar-refractivity contribution is 5.98. The number of rotatable bonds is 7. The van der Waals surface area contributed by atoms with Crippen molar-refractivity contribution in [2.24, 2.45) is 5.73 Å². The van der Waals surface area contributed by atoms with Gasteiger partial charge < -0.3 is 16.4 Å². The Balaban J connectivity index is 0.00000441. The van der Waals surface area contributed by atoms with E-state index < -0.39 is 5.54 Å². The van der Waals surface area contributed by atoms with Crippen molar-refractivity contribution in [1.82, 2.24) is 5.32 Å². The summed E-state index contributed by atoms with van der Waals surface area (Å²) in [5.74, 6) is -0.407. The van der Waals surface area contributed by atoms with Crippen LogP contribution in [0.1, 0.15) is 37.0 Å². The molecule has 1 aromatic rings. The summed E-state index contributed by atoms with van der Waals surface area (Å²) >= 11 is 0. The topological polar surface area (TPSA) is 84.2 Å². The number of anilines is 1. The molecule has 0 saturated heterocycles. The molecule has 6 heteroatoms. The molecule has 1 rings (SSSR count). The number of carbonyl (C=O) groups excluding carboxylic acids is 2. The molecule has 0 saturated carbocycles. The normalized spacial score (nSPS) is 12.5. The number of amides is 2. The largest absolute Gasteiger partial charge is 0.349 e. The first kappa shape index (κ1) is 20.1. The Hall–Kier alpha value is -1.85. The molecule has 0 radical (unpaired) electrons. The van der Waals surface area contributed by atoms with E-state index in [-0.39, 0.29) is 24.2 Å². The molecule has 22 heavy (non-hydrogen) atoms. The van der Waals surface area contributed by atoms with Gasteiger partial charge in [0.25, 0.3) is 5.91 Å². The van der Waals surface area contributed by atoms with Gasteiger partial charge in [0.15, 0.2) is 0 Å². The lowest BCUT2D eigenvalue weighted by molar-refractivity contribution is -0.120. The van der Waals surface area contributed by atoms with Crippen molar-refractivity contribution in [2.75, 3.05) is 11.9 Å². The Kier molecular flexibility index (Phi) is 8.45. The molecule has 0 aliphatic heterocycles. The van der Waals surface area contributed by atoms with Gasteiger partial charge in [-0.3, -0.25) is 9.59 Å². The van der Waals surface area contributed by atoms with Crippen LogP contribution in [0.5, 0.6) is 0 Å². The van der Waals surface area contributed by atoms with Crippen LogP contribution in [0.25, 0.3) is 0 Å². The maximum Gasteiger partial charge on any atom is 0.251 e. The summed E-state index contributed by atoms with van der Waals surface area (Å²) < 4.78 is 0. The van der Waals surface area contributed by atoms with Crippen molar-refractivity contribution in [3.63, 3.8) is 0 Å². The molecule has 0 aliphatic rings. The van der Waals surface area contributed by atoms with Crippen LogP contribution in [0.15, 0.2) is 36.9 Å². The molecular weight excluding hydrogens is 302 g/mol. The minimum absolute atomic E-state index is 0. The van der Waals surface area contributed by atoms with Crippen LogP contribution in [-0.4, -0.2) is 23.9 Å². The number of hydrogen-bond donors (Lipinski definition) is 3. The molecule has 1 aromatic carbocycles. The fraction of sp³-hybridized carbons (Fsp3) is 0.375. The molecule has 0 heterocycles. The van der Waals surface area contributed by atoms with E-state index in [1.807, 2.05) is 6.92 Å². The highest BCUT2D eigenvalue weighted by Gasteiger charge is 2.27. The SMILES string of the molecule is C=CCNC(=O)c1ccc(NC(=O)C(C)(N)CCC)cc1.Cl. The first-order valence-electron chi connectivity index (χ1n) is 7.00. The van der Waals surface area contributed by atoms with Crippen molar-refractivity contribution < 1.29 is 9.59 Å². The van der Waals surface area contributed by atoms with Crippen LogP contribution in [0, 0.1) is 0 Å². The monoisotopic (exact) mass is 325 g/mol. The Morgan fingerprint density at radius 2 is 1.91 bits per heavy atom. The molecule has 0 spiro atoms. The lowest BCUT2D eigenvalue weighted by Gasteiger charge is -2.22. The minimum atomic E-state index is -0.894.